The van der Waals surface area contributed by atoms with Gasteiger partial charge in [0.25, 0.3) is 0 Å². The Labute approximate surface area is 177 Å². The zero-order valence-electron chi connectivity index (χ0n) is 18.0. The van der Waals surface area contributed by atoms with Crippen molar-refractivity contribution in [2.45, 2.75) is 60.1 Å². The number of alkyl carbamates (subject to hydrolysis) is 1. The Morgan fingerprint density at radius 1 is 1.14 bits per heavy atom. The van der Waals surface area contributed by atoms with Gasteiger partial charge in [0, 0.05) is 10.7 Å². The number of aryl methyl sites for hydroxylation is 1. The summed E-state index contributed by atoms with van der Waals surface area (Å²) in [5, 5.41) is 2.96. The third-order valence-corrected chi connectivity index (χ3v) is 3.09. The van der Waals surface area contributed by atoms with Crippen LogP contribution in [-0.2, 0) is 19.0 Å². The maximum Gasteiger partial charge on any atom is 0.516 e. The zero-order valence-corrected chi connectivity index (χ0v) is 18.8. The maximum absolute atomic E-state index is 11.5. The first-order valence-electron chi connectivity index (χ1n) is 9.10. The predicted octanol–water partition coefficient (Wildman–Crippen LogP) is 4.47. The molecule has 9 heteroatoms. The number of hydrogen-bond donors (Lipinski definition) is 2. The Balaban J connectivity index is 0.000000717. The summed E-state index contributed by atoms with van der Waals surface area (Å²) in [6, 6.07) is 4.47. The first-order chi connectivity index (χ1) is 13.2. The number of hydrogen-bond acceptors (Lipinski definition) is 7. The van der Waals surface area contributed by atoms with E-state index in [1.807, 2.05) is 32.9 Å². The quantitative estimate of drug-likeness (QED) is 0.411. The van der Waals surface area contributed by atoms with Crippen LogP contribution in [0, 0.1) is 12.8 Å². The number of halogens is 1. The van der Waals surface area contributed by atoms with Crippen molar-refractivity contribution in [2.75, 3.05) is 12.3 Å². The van der Waals surface area contributed by atoms with Gasteiger partial charge in [-0.1, -0.05) is 25.4 Å². The number of esters is 1. The molecule has 0 fully saturated rings. The van der Waals surface area contributed by atoms with E-state index in [1.165, 1.54) is 6.92 Å². The van der Waals surface area contributed by atoms with Gasteiger partial charge in [0.1, 0.15) is 11.6 Å². The normalized spacial score (nSPS) is 11.6. The average Bonchev–Trinajstić information content (AvgIpc) is 2.50. The van der Waals surface area contributed by atoms with Crippen LogP contribution < -0.4 is 11.1 Å². The first-order valence-corrected chi connectivity index (χ1v) is 9.48. The van der Waals surface area contributed by atoms with Gasteiger partial charge in [-0.3, -0.25) is 0 Å². The smallest absolute Gasteiger partial charge is 0.444 e. The van der Waals surface area contributed by atoms with E-state index in [0.717, 1.165) is 11.3 Å². The van der Waals surface area contributed by atoms with E-state index in [4.69, 9.17) is 22.1 Å². The highest BCUT2D eigenvalue weighted by molar-refractivity contribution is 6.30. The number of nitrogen functional groups attached to an aromatic ring is 1. The van der Waals surface area contributed by atoms with Gasteiger partial charge in [-0.25, -0.2) is 14.4 Å². The standard InChI is InChI=1S/C13H23NO6.C7H8ClN/c1-8(2)7-18-12(17)19-10(15)9(3)14-11(16)20-13(4,5)6;1-5-2-6(8)4-7(9)3-5/h8-9H,7H2,1-6H3,(H,14,16);2-4H,9H2,1H3/t9-;/m1./s1. The summed E-state index contributed by atoms with van der Waals surface area (Å²) in [4.78, 5) is 34.1. The van der Waals surface area contributed by atoms with Crippen molar-refractivity contribution in [2.24, 2.45) is 5.92 Å². The van der Waals surface area contributed by atoms with Gasteiger partial charge in [-0.05, 0) is 64.3 Å². The molecule has 0 heterocycles. The van der Waals surface area contributed by atoms with E-state index in [-0.39, 0.29) is 12.5 Å². The van der Waals surface area contributed by atoms with Gasteiger partial charge >= 0.3 is 18.2 Å². The van der Waals surface area contributed by atoms with Crippen molar-refractivity contribution in [3.63, 3.8) is 0 Å². The van der Waals surface area contributed by atoms with Gasteiger partial charge < -0.3 is 25.3 Å². The Hall–Kier alpha value is -2.48. The second kappa shape index (κ2) is 12.2. The number of ether oxygens (including phenoxy) is 3. The van der Waals surface area contributed by atoms with Gasteiger partial charge in [0.2, 0.25) is 0 Å². The maximum atomic E-state index is 11.5. The predicted molar refractivity (Wildman–Crippen MR) is 112 cm³/mol. The highest BCUT2D eigenvalue weighted by Crippen LogP contribution is 2.15. The first kappa shape index (κ1) is 26.5. The molecule has 29 heavy (non-hydrogen) atoms. The molecule has 0 saturated carbocycles. The minimum absolute atomic E-state index is 0.134. The van der Waals surface area contributed by atoms with Crippen LogP contribution in [0.4, 0.5) is 15.3 Å². The highest BCUT2D eigenvalue weighted by Gasteiger charge is 2.24. The summed E-state index contributed by atoms with van der Waals surface area (Å²) in [5.41, 5.74) is 6.62. The molecule has 0 aliphatic carbocycles. The Morgan fingerprint density at radius 2 is 1.72 bits per heavy atom. The molecule has 1 aromatic rings. The lowest BCUT2D eigenvalue weighted by Crippen LogP contribution is -2.43. The van der Waals surface area contributed by atoms with Crippen molar-refractivity contribution in [1.29, 1.82) is 0 Å². The SMILES string of the molecule is CC(C)COC(=O)OC(=O)[C@@H](C)NC(=O)OC(C)(C)C.Cc1cc(N)cc(Cl)c1. The molecule has 0 unspecified atom stereocenters. The lowest BCUT2D eigenvalue weighted by molar-refractivity contribution is -0.142. The number of carbonyl (C=O) groups is 3. The molecule has 1 aromatic carbocycles. The van der Waals surface area contributed by atoms with Gasteiger partial charge in [0.05, 0.1) is 6.61 Å². The zero-order chi connectivity index (χ0) is 22.8. The van der Waals surface area contributed by atoms with E-state index in [2.05, 4.69) is 14.8 Å². The number of amides is 1. The Morgan fingerprint density at radius 3 is 2.17 bits per heavy atom. The van der Waals surface area contributed by atoms with Crippen molar-refractivity contribution in [1.82, 2.24) is 5.32 Å². The molecule has 0 spiro atoms. The Kier molecular flexibility index (Phi) is 11.1. The third kappa shape index (κ3) is 14.2. The summed E-state index contributed by atoms with van der Waals surface area (Å²) in [6.45, 7) is 12.3. The second-order valence-corrected chi connectivity index (χ2v) is 8.24. The molecule has 1 amide bonds. The molecule has 0 bridgehead atoms. The molecular formula is C20H31ClN2O6. The number of nitrogens with two attached hydrogens (primary N) is 1. The third-order valence-electron chi connectivity index (χ3n) is 2.87. The van der Waals surface area contributed by atoms with Crippen LogP contribution in [-0.4, -0.2) is 36.5 Å². The van der Waals surface area contributed by atoms with Crippen LogP contribution in [0.25, 0.3) is 0 Å². The van der Waals surface area contributed by atoms with Crippen LogP contribution >= 0.6 is 11.6 Å². The fourth-order valence-corrected chi connectivity index (χ4v) is 2.04. The van der Waals surface area contributed by atoms with E-state index in [0.29, 0.717) is 5.02 Å². The molecule has 3 N–H and O–H groups in total. The molecule has 164 valence electrons. The lowest BCUT2D eigenvalue weighted by atomic mass is 10.2. The van der Waals surface area contributed by atoms with Crippen molar-refractivity contribution < 1.29 is 28.6 Å². The molecule has 1 rings (SSSR count). The number of rotatable bonds is 4. The summed E-state index contributed by atoms with van der Waals surface area (Å²) in [7, 11) is 0. The van der Waals surface area contributed by atoms with Crippen molar-refractivity contribution in [3.05, 3.63) is 28.8 Å². The molecule has 0 aliphatic rings. The van der Waals surface area contributed by atoms with Crippen LogP contribution in [0.1, 0.15) is 47.1 Å². The fourth-order valence-electron chi connectivity index (χ4n) is 1.74. The molecule has 0 radical (unpaired) electrons. The molecule has 0 aliphatic heterocycles. The summed E-state index contributed by atoms with van der Waals surface area (Å²) in [6.07, 6.45) is -1.85. The van der Waals surface area contributed by atoms with Gasteiger partial charge in [0.15, 0.2) is 0 Å². The molecule has 0 aromatic heterocycles. The number of nitrogens with one attached hydrogen (secondary N) is 1. The van der Waals surface area contributed by atoms with Gasteiger partial charge in [-0.2, -0.15) is 0 Å². The molecule has 8 nitrogen and oxygen atoms in total. The number of benzene rings is 1. The van der Waals surface area contributed by atoms with Crippen molar-refractivity contribution >= 4 is 35.5 Å². The lowest BCUT2D eigenvalue weighted by Gasteiger charge is -2.21. The summed E-state index contributed by atoms with van der Waals surface area (Å²) >= 11 is 5.67. The molecular weight excluding hydrogens is 400 g/mol. The minimum Gasteiger partial charge on any atom is -0.444 e. The van der Waals surface area contributed by atoms with E-state index < -0.39 is 29.9 Å². The highest BCUT2D eigenvalue weighted by atomic mass is 35.5. The number of anilines is 1. The Bertz CT molecular complexity index is 650. The summed E-state index contributed by atoms with van der Waals surface area (Å²) in [5.74, 6) is -0.778. The van der Waals surface area contributed by atoms with Crippen molar-refractivity contribution in [3.8, 4) is 0 Å². The average molecular weight is 431 g/mol. The van der Waals surface area contributed by atoms with Crippen LogP contribution in [0.3, 0.4) is 0 Å². The fraction of sp³-hybridized carbons (Fsp3) is 0.550. The summed E-state index contributed by atoms with van der Waals surface area (Å²) < 4.78 is 14.1. The van der Waals surface area contributed by atoms with Crippen LogP contribution in [0.5, 0.6) is 0 Å². The minimum atomic E-state index is -1.08. The monoisotopic (exact) mass is 430 g/mol. The van der Waals surface area contributed by atoms with E-state index in [1.54, 1.807) is 26.8 Å². The van der Waals surface area contributed by atoms with Gasteiger partial charge in [-0.15, -0.1) is 0 Å². The largest absolute Gasteiger partial charge is 0.516 e. The topological polar surface area (TPSA) is 117 Å². The molecule has 1 atom stereocenters. The van der Waals surface area contributed by atoms with Crippen LogP contribution in [0.2, 0.25) is 5.02 Å². The van der Waals surface area contributed by atoms with Crippen LogP contribution in [0.15, 0.2) is 18.2 Å². The number of carbonyl (C=O) groups excluding carboxylic acids is 3. The second-order valence-electron chi connectivity index (χ2n) is 7.81. The van der Waals surface area contributed by atoms with E-state index >= 15 is 0 Å². The van der Waals surface area contributed by atoms with E-state index in [9.17, 15) is 14.4 Å². The molecule has 0 saturated heterocycles.